The van der Waals surface area contributed by atoms with Crippen LogP contribution in [0.15, 0.2) is 66.2 Å². The van der Waals surface area contributed by atoms with E-state index in [1.54, 1.807) is 10.4 Å². The third-order valence-electron chi connectivity index (χ3n) is 5.68. The van der Waals surface area contributed by atoms with Gasteiger partial charge in [-0.1, -0.05) is 72.0 Å². The van der Waals surface area contributed by atoms with Gasteiger partial charge >= 0.3 is 6.09 Å². The molecule has 0 saturated carbocycles. The second kappa shape index (κ2) is 9.70. The molecule has 8 heteroatoms. The zero-order valence-electron chi connectivity index (χ0n) is 17.1. The molecule has 1 aromatic heterocycles. The Bertz CT molecular complexity index is 988. The lowest BCUT2D eigenvalue weighted by Crippen LogP contribution is -2.46. The van der Waals surface area contributed by atoms with Crippen molar-refractivity contribution in [1.82, 2.24) is 15.1 Å². The van der Waals surface area contributed by atoms with E-state index in [-0.39, 0.29) is 24.0 Å². The Balaban J connectivity index is 1.40. The Morgan fingerprint density at radius 1 is 1.03 bits per heavy atom. The molecular formula is C23H24N4O3S. The van der Waals surface area contributed by atoms with Gasteiger partial charge < -0.3 is 15.0 Å². The lowest BCUT2D eigenvalue weighted by atomic mass is 9.70. The average Bonchev–Trinajstić information content (AvgIpc) is 3.32. The molecule has 7 nitrogen and oxygen atoms in total. The van der Waals surface area contributed by atoms with Gasteiger partial charge in [0, 0.05) is 24.9 Å². The van der Waals surface area contributed by atoms with Crippen LogP contribution in [0.4, 0.5) is 9.93 Å². The van der Waals surface area contributed by atoms with E-state index >= 15 is 0 Å². The zero-order valence-corrected chi connectivity index (χ0v) is 17.9. The first-order valence-corrected chi connectivity index (χ1v) is 11.1. The Kier molecular flexibility index (Phi) is 6.57. The van der Waals surface area contributed by atoms with Gasteiger partial charge in [-0.3, -0.25) is 4.79 Å². The maximum atomic E-state index is 12.8. The number of nitrogens with zero attached hydrogens (tertiary/aromatic N) is 3. The molecule has 0 spiro atoms. The van der Waals surface area contributed by atoms with Gasteiger partial charge in [-0.05, 0) is 24.0 Å². The Labute approximate surface area is 185 Å². The molecule has 2 heterocycles. The summed E-state index contributed by atoms with van der Waals surface area (Å²) in [5.74, 6) is -0.0966. The molecule has 1 aliphatic rings. The summed E-state index contributed by atoms with van der Waals surface area (Å²) < 4.78 is 5.49. The highest BCUT2D eigenvalue weighted by Gasteiger charge is 2.39. The van der Waals surface area contributed by atoms with Crippen molar-refractivity contribution in [3.05, 3.63) is 77.3 Å². The van der Waals surface area contributed by atoms with Gasteiger partial charge in [0.15, 0.2) is 0 Å². The molecule has 2 amide bonds. The predicted octanol–water partition coefficient (Wildman–Crippen LogP) is 4.24. The maximum absolute atomic E-state index is 12.8. The molecule has 4 rings (SSSR count). The van der Waals surface area contributed by atoms with E-state index in [1.165, 1.54) is 11.3 Å². The molecule has 1 aliphatic heterocycles. The lowest BCUT2D eigenvalue weighted by molar-refractivity contribution is -0.117. The fraction of sp³-hybridized carbons (Fsp3) is 0.304. The summed E-state index contributed by atoms with van der Waals surface area (Å²) in [5, 5.41) is 11.0. The smallest absolute Gasteiger partial charge is 0.410 e. The van der Waals surface area contributed by atoms with Crippen LogP contribution in [-0.4, -0.2) is 40.2 Å². The van der Waals surface area contributed by atoms with E-state index < -0.39 is 0 Å². The third kappa shape index (κ3) is 5.27. The first-order chi connectivity index (χ1) is 15.1. The highest BCUT2D eigenvalue weighted by molar-refractivity contribution is 7.13. The van der Waals surface area contributed by atoms with Crippen LogP contribution < -0.4 is 5.32 Å². The zero-order chi connectivity index (χ0) is 21.5. The normalized spacial score (nSPS) is 15.3. The molecule has 160 valence electrons. The summed E-state index contributed by atoms with van der Waals surface area (Å²) in [6, 6.07) is 19.7. The number of carbonyl (C=O) groups excluding carboxylic acids is 2. The standard InChI is InChI=1S/C23H24N4O3S/c28-20(25-21-26-24-17-31-21)15-23(19-9-5-2-6-10-19)11-13-27(14-12-23)22(29)30-16-18-7-3-1-4-8-18/h1-10,17H,11-16H2,(H,25,26,28). The summed E-state index contributed by atoms with van der Waals surface area (Å²) in [7, 11) is 0. The second-order valence-corrected chi connectivity index (χ2v) is 8.48. The van der Waals surface area contributed by atoms with Gasteiger partial charge in [0.1, 0.15) is 12.1 Å². The van der Waals surface area contributed by atoms with E-state index in [9.17, 15) is 9.59 Å². The largest absolute Gasteiger partial charge is 0.445 e. The van der Waals surface area contributed by atoms with Crippen molar-refractivity contribution in [3.8, 4) is 0 Å². The number of likely N-dealkylation sites (tertiary alicyclic amines) is 1. The molecule has 1 fully saturated rings. The maximum Gasteiger partial charge on any atom is 0.410 e. The average molecular weight is 437 g/mol. The molecule has 0 unspecified atom stereocenters. The van der Waals surface area contributed by atoms with Crippen LogP contribution in [0.1, 0.15) is 30.4 Å². The molecule has 0 bridgehead atoms. The molecular weight excluding hydrogens is 412 g/mol. The molecule has 0 aliphatic carbocycles. The number of ether oxygens (including phenoxy) is 1. The van der Waals surface area contributed by atoms with Crippen molar-refractivity contribution in [3.63, 3.8) is 0 Å². The molecule has 0 radical (unpaired) electrons. The minimum atomic E-state index is -0.341. The van der Waals surface area contributed by atoms with Crippen LogP contribution in [0.2, 0.25) is 0 Å². The quantitative estimate of drug-likeness (QED) is 0.625. The van der Waals surface area contributed by atoms with Crippen molar-refractivity contribution >= 4 is 28.5 Å². The van der Waals surface area contributed by atoms with Crippen LogP contribution >= 0.6 is 11.3 Å². The molecule has 0 atom stereocenters. The number of anilines is 1. The van der Waals surface area contributed by atoms with Gasteiger partial charge in [0.05, 0.1) is 0 Å². The van der Waals surface area contributed by atoms with Gasteiger partial charge in [-0.25, -0.2) is 4.79 Å². The van der Waals surface area contributed by atoms with Crippen molar-refractivity contribution in [2.75, 3.05) is 18.4 Å². The molecule has 1 N–H and O–H groups in total. The predicted molar refractivity (Wildman–Crippen MR) is 119 cm³/mol. The summed E-state index contributed by atoms with van der Waals surface area (Å²) in [5.41, 5.74) is 3.31. The van der Waals surface area contributed by atoms with Gasteiger partial charge in [0.2, 0.25) is 11.0 Å². The first-order valence-electron chi connectivity index (χ1n) is 10.2. The number of amides is 2. The van der Waals surface area contributed by atoms with Gasteiger partial charge in [-0.2, -0.15) is 0 Å². The monoisotopic (exact) mass is 436 g/mol. The van der Waals surface area contributed by atoms with E-state index in [1.807, 2.05) is 48.5 Å². The van der Waals surface area contributed by atoms with Crippen LogP contribution in [0.3, 0.4) is 0 Å². The van der Waals surface area contributed by atoms with Crippen molar-refractivity contribution in [2.45, 2.75) is 31.3 Å². The number of hydrogen-bond acceptors (Lipinski definition) is 6. The van der Waals surface area contributed by atoms with Crippen molar-refractivity contribution < 1.29 is 14.3 Å². The minimum Gasteiger partial charge on any atom is -0.445 e. The highest BCUT2D eigenvalue weighted by Crippen LogP contribution is 2.39. The number of rotatable bonds is 6. The second-order valence-electron chi connectivity index (χ2n) is 7.64. The highest BCUT2D eigenvalue weighted by atomic mass is 32.1. The van der Waals surface area contributed by atoms with Gasteiger partial charge in [0.25, 0.3) is 0 Å². The molecule has 1 saturated heterocycles. The topological polar surface area (TPSA) is 84.4 Å². The van der Waals surface area contributed by atoms with Gasteiger partial charge in [-0.15, -0.1) is 10.2 Å². The van der Waals surface area contributed by atoms with E-state index in [2.05, 4.69) is 27.6 Å². The first kappa shape index (κ1) is 21.0. The summed E-state index contributed by atoms with van der Waals surface area (Å²) in [4.78, 5) is 27.0. The summed E-state index contributed by atoms with van der Waals surface area (Å²) in [6.07, 6.45) is 1.37. The molecule has 31 heavy (non-hydrogen) atoms. The third-order valence-corrected chi connectivity index (χ3v) is 6.28. The number of nitrogens with one attached hydrogen (secondary N) is 1. The number of aromatic nitrogens is 2. The lowest BCUT2D eigenvalue weighted by Gasteiger charge is -2.41. The van der Waals surface area contributed by atoms with E-state index in [0.29, 0.717) is 37.5 Å². The Hall–Kier alpha value is -3.26. The van der Waals surface area contributed by atoms with E-state index in [4.69, 9.17) is 4.74 Å². The number of piperidine rings is 1. The number of benzene rings is 2. The minimum absolute atomic E-state index is 0.0966. The van der Waals surface area contributed by atoms with Crippen LogP contribution in [0.5, 0.6) is 0 Å². The number of hydrogen-bond donors (Lipinski definition) is 1. The summed E-state index contributed by atoms with van der Waals surface area (Å²) in [6.45, 7) is 1.33. The Morgan fingerprint density at radius 3 is 2.35 bits per heavy atom. The van der Waals surface area contributed by atoms with Crippen LogP contribution in [0, 0.1) is 0 Å². The Morgan fingerprint density at radius 2 is 1.71 bits per heavy atom. The van der Waals surface area contributed by atoms with Crippen LogP contribution in [-0.2, 0) is 21.6 Å². The van der Waals surface area contributed by atoms with Crippen molar-refractivity contribution in [1.29, 1.82) is 0 Å². The van der Waals surface area contributed by atoms with E-state index in [0.717, 1.165) is 11.1 Å². The van der Waals surface area contributed by atoms with Crippen LogP contribution in [0.25, 0.3) is 0 Å². The fourth-order valence-corrected chi connectivity index (χ4v) is 4.45. The van der Waals surface area contributed by atoms with Crippen molar-refractivity contribution in [2.24, 2.45) is 0 Å². The SMILES string of the molecule is O=C(CC1(c2ccccc2)CCN(C(=O)OCc2ccccc2)CC1)Nc1nncs1. The molecule has 2 aromatic carbocycles. The fourth-order valence-electron chi connectivity index (χ4n) is 3.99. The number of carbonyl (C=O) groups is 2. The molecule has 3 aromatic rings. The summed E-state index contributed by atoms with van der Waals surface area (Å²) >= 11 is 1.29.